The second-order valence-electron chi connectivity index (χ2n) is 5.33. The Morgan fingerprint density at radius 3 is 2.90 bits per heavy atom. The Labute approximate surface area is 120 Å². The summed E-state index contributed by atoms with van der Waals surface area (Å²) < 4.78 is 11.1. The summed E-state index contributed by atoms with van der Waals surface area (Å²) in [5.41, 5.74) is 1.89. The van der Waals surface area contributed by atoms with Gasteiger partial charge in [-0.1, -0.05) is 5.16 Å². The van der Waals surface area contributed by atoms with Gasteiger partial charge in [-0.2, -0.15) is 10.1 Å². The van der Waals surface area contributed by atoms with Crippen molar-refractivity contribution in [3.63, 3.8) is 0 Å². The molecule has 7 nitrogen and oxygen atoms in total. The minimum atomic E-state index is -0.401. The number of hydrogen-bond donors (Lipinski definition) is 1. The van der Waals surface area contributed by atoms with E-state index in [1.54, 1.807) is 13.3 Å². The summed E-state index contributed by atoms with van der Waals surface area (Å²) in [6, 6.07) is 3.74. The Morgan fingerprint density at radius 2 is 2.10 bits per heavy atom. The average molecular weight is 285 g/mol. The number of nitrogens with one attached hydrogen (secondary N) is 1. The fourth-order valence-electron chi connectivity index (χ4n) is 2.93. The largest absolute Gasteiger partial charge is 0.370 e. The molecule has 0 aliphatic heterocycles. The van der Waals surface area contributed by atoms with Crippen LogP contribution < -0.4 is 0 Å². The molecule has 4 rings (SSSR count). The third kappa shape index (κ3) is 1.92. The van der Waals surface area contributed by atoms with E-state index in [9.17, 15) is 0 Å². The van der Waals surface area contributed by atoms with Crippen molar-refractivity contribution in [2.45, 2.75) is 31.3 Å². The minimum absolute atomic E-state index is 0.401. The van der Waals surface area contributed by atoms with Crippen molar-refractivity contribution < 1.29 is 9.26 Å². The van der Waals surface area contributed by atoms with E-state index in [1.165, 1.54) is 0 Å². The van der Waals surface area contributed by atoms with Gasteiger partial charge < -0.3 is 9.26 Å². The molecule has 0 atom stereocenters. The van der Waals surface area contributed by atoms with Gasteiger partial charge in [0.15, 0.2) is 0 Å². The Hall–Kier alpha value is -2.28. The zero-order valence-electron chi connectivity index (χ0n) is 11.7. The predicted molar refractivity (Wildman–Crippen MR) is 74.3 cm³/mol. The molecule has 0 saturated heterocycles. The summed E-state index contributed by atoms with van der Waals surface area (Å²) in [7, 11) is 1.71. The average Bonchev–Trinajstić information content (AvgIpc) is 3.25. The summed E-state index contributed by atoms with van der Waals surface area (Å²) in [6.07, 6.45) is 5.77. The highest BCUT2D eigenvalue weighted by atomic mass is 16.5. The van der Waals surface area contributed by atoms with Crippen LogP contribution in [0.2, 0.25) is 0 Å². The van der Waals surface area contributed by atoms with Crippen LogP contribution in [0.4, 0.5) is 0 Å². The van der Waals surface area contributed by atoms with Gasteiger partial charge in [-0.25, -0.2) is 4.98 Å². The third-order valence-electron chi connectivity index (χ3n) is 4.15. The first-order chi connectivity index (χ1) is 10.3. The highest BCUT2D eigenvalue weighted by Gasteiger charge is 2.40. The van der Waals surface area contributed by atoms with Gasteiger partial charge in [-0.3, -0.25) is 5.10 Å². The van der Waals surface area contributed by atoms with Crippen LogP contribution in [0.15, 0.2) is 22.9 Å². The van der Waals surface area contributed by atoms with Crippen molar-refractivity contribution in [1.29, 1.82) is 0 Å². The standard InChI is InChI=1S/C14H15N5O2/c1-20-14(6-2-3-7-14)13-17-12(21-19-13)10-5-4-9-11(16-10)8-15-18-9/h4-5,8H,2-3,6-7H2,1H3,(H,15,18). The second kappa shape index (κ2) is 4.63. The number of H-pyrrole nitrogens is 1. The van der Waals surface area contributed by atoms with Crippen molar-refractivity contribution in [1.82, 2.24) is 25.3 Å². The van der Waals surface area contributed by atoms with Crippen molar-refractivity contribution >= 4 is 11.0 Å². The maximum absolute atomic E-state index is 5.67. The highest BCUT2D eigenvalue weighted by Crippen LogP contribution is 2.40. The number of aromatic nitrogens is 5. The van der Waals surface area contributed by atoms with Gasteiger partial charge in [0.25, 0.3) is 5.89 Å². The van der Waals surface area contributed by atoms with Crippen LogP contribution in [0.1, 0.15) is 31.5 Å². The highest BCUT2D eigenvalue weighted by molar-refractivity contribution is 5.75. The monoisotopic (exact) mass is 285 g/mol. The number of methoxy groups -OCH3 is 1. The van der Waals surface area contributed by atoms with Gasteiger partial charge in [-0.05, 0) is 37.8 Å². The zero-order valence-corrected chi connectivity index (χ0v) is 11.7. The molecule has 3 aromatic rings. The molecule has 21 heavy (non-hydrogen) atoms. The lowest BCUT2D eigenvalue weighted by molar-refractivity contribution is -0.0178. The number of nitrogens with zero attached hydrogens (tertiary/aromatic N) is 4. The smallest absolute Gasteiger partial charge is 0.276 e. The van der Waals surface area contributed by atoms with Crippen LogP contribution in [0.25, 0.3) is 22.6 Å². The van der Waals surface area contributed by atoms with Gasteiger partial charge in [0, 0.05) is 7.11 Å². The van der Waals surface area contributed by atoms with E-state index in [4.69, 9.17) is 9.26 Å². The zero-order chi connectivity index (χ0) is 14.3. The van der Waals surface area contributed by atoms with E-state index in [0.29, 0.717) is 17.4 Å². The third-order valence-corrected chi connectivity index (χ3v) is 4.15. The van der Waals surface area contributed by atoms with Crippen LogP contribution in [-0.2, 0) is 10.3 Å². The molecule has 0 amide bonds. The van der Waals surface area contributed by atoms with Crippen molar-refractivity contribution in [3.8, 4) is 11.6 Å². The van der Waals surface area contributed by atoms with Gasteiger partial charge in [0.1, 0.15) is 16.8 Å². The maximum Gasteiger partial charge on any atom is 0.276 e. The molecule has 1 N–H and O–H groups in total. The van der Waals surface area contributed by atoms with Crippen LogP contribution in [0.5, 0.6) is 0 Å². The molecule has 1 fully saturated rings. The fourth-order valence-corrected chi connectivity index (χ4v) is 2.93. The van der Waals surface area contributed by atoms with Crippen LogP contribution >= 0.6 is 0 Å². The molecule has 0 radical (unpaired) electrons. The van der Waals surface area contributed by atoms with E-state index in [0.717, 1.165) is 36.7 Å². The Bertz CT molecular complexity index is 772. The van der Waals surface area contributed by atoms with Crippen LogP contribution in [-0.4, -0.2) is 32.4 Å². The molecule has 0 spiro atoms. The normalized spacial score (nSPS) is 17.6. The molecular weight excluding hydrogens is 270 g/mol. The summed E-state index contributed by atoms with van der Waals surface area (Å²) in [4.78, 5) is 8.96. The minimum Gasteiger partial charge on any atom is -0.370 e. The summed E-state index contributed by atoms with van der Waals surface area (Å²) in [6.45, 7) is 0. The second-order valence-corrected chi connectivity index (χ2v) is 5.33. The Balaban J connectivity index is 1.73. The molecule has 0 bridgehead atoms. The van der Waals surface area contributed by atoms with E-state index in [-0.39, 0.29) is 0 Å². The van der Waals surface area contributed by atoms with Gasteiger partial charge >= 0.3 is 0 Å². The molecule has 1 aliphatic carbocycles. The van der Waals surface area contributed by atoms with E-state index >= 15 is 0 Å². The lowest BCUT2D eigenvalue weighted by atomic mass is 10.0. The number of aromatic amines is 1. The number of hydrogen-bond acceptors (Lipinski definition) is 6. The van der Waals surface area contributed by atoms with Crippen molar-refractivity contribution in [2.24, 2.45) is 0 Å². The Kier molecular flexibility index (Phi) is 2.75. The number of fused-ring (bicyclic) bond motifs is 1. The van der Waals surface area contributed by atoms with Crippen molar-refractivity contribution in [3.05, 3.63) is 24.2 Å². The first-order valence-electron chi connectivity index (χ1n) is 7.01. The SMILES string of the molecule is COC1(c2noc(-c3ccc4[nH]ncc4n3)n2)CCCC1. The lowest BCUT2D eigenvalue weighted by Gasteiger charge is -2.22. The Morgan fingerprint density at radius 1 is 1.24 bits per heavy atom. The van der Waals surface area contributed by atoms with Gasteiger partial charge in [-0.15, -0.1) is 0 Å². The molecule has 3 aromatic heterocycles. The lowest BCUT2D eigenvalue weighted by Crippen LogP contribution is -2.25. The fraction of sp³-hybridized carbons (Fsp3) is 0.429. The molecule has 1 saturated carbocycles. The molecule has 1 aliphatic rings. The maximum atomic E-state index is 5.67. The van der Waals surface area contributed by atoms with Crippen LogP contribution in [0, 0.1) is 0 Å². The summed E-state index contributed by atoms with van der Waals surface area (Å²) >= 11 is 0. The number of pyridine rings is 1. The topological polar surface area (TPSA) is 89.7 Å². The molecule has 108 valence electrons. The van der Waals surface area contributed by atoms with Gasteiger partial charge in [0.2, 0.25) is 5.82 Å². The van der Waals surface area contributed by atoms with Crippen molar-refractivity contribution in [2.75, 3.05) is 7.11 Å². The van der Waals surface area contributed by atoms with E-state index in [2.05, 4.69) is 25.3 Å². The molecule has 7 heteroatoms. The number of rotatable bonds is 3. The predicted octanol–water partition coefficient (Wildman–Crippen LogP) is 2.42. The summed E-state index contributed by atoms with van der Waals surface area (Å²) in [5, 5.41) is 10.9. The van der Waals surface area contributed by atoms with E-state index < -0.39 is 5.60 Å². The van der Waals surface area contributed by atoms with Crippen LogP contribution in [0.3, 0.4) is 0 Å². The molecule has 3 heterocycles. The molecular formula is C14H15N5O2. The molecule has 0 unspecified atom stereocenters. The van der Waals surface area contributed by atoms with E-state index in [1.807, 2.05) is 12.1 Å². The first-order valence-corrected chi connectivity index (χ1v) is 7.01. The number of ether oxygens (including phenoxy) is 1. The molecule has 0 aromatic carbocycles. The quantitative estimate of drug-likeness (QED) is 0.794. The van der Waals surface area contributed by atoms with Gasteiger partial charge in [0.05, 0.1) is 11.7 Å². The summed E-state index contributed by atoms with van der Waals surface area (Å²) in [5.74, 6) is 1.03. The first kappa shape index (κ1) is 12.5.